The molecule has 15 heavy (non-hydrogen) atoms. The molecule has 1 aromatic rings. The van der Waals surface area contributed by atoms with Crippen LogP contribution in [0.25, 0.3) is 0 Å². The van der Waals surface area contributed by atoms with Crippen LogP contribution in [0, 0.1) is 0 Å². The molecule has 1 aliphatic rings. The third-order valence-corrected chi connectivity index (χ3v) is 2.60. The van der Waals surface area contributed by atoms with Gasteiger partial charge in [0.05, 0.1) is 25.0 Å². The molecule has 0 radical (unpaired) electrons. The zero-order valence-electron chi connectivity index (χ0n) is 9.37. The van der Waals surface area contributed by atoms with Crippen molar-refractivity contribution in [1.82, 2.24) is 9.97 Å². The van der Waals surface area contributed by atoms with Crippen LogP contribution in [0.5, 0.6) is 0 Å². The summed E-state index contributed by atoms with van der Waals surface area (Å²) in [7, 11) is 0. The second kappa shape index (κ2) is 3.43. The molecule has 0 aliphatic carbocycles. The molecule has 0 spiro atoms. The molecule has 0 amide bonds. The van der Waals surface area contributed by atoms with E-state index in [4.69, 9.17) is 0 Å². The average molecular weight is 209 g/mol. The number of hydrogen-bond acceptors (Lipinski definition) is 3. The Morgan fingerprint density at radius 3 is 2.60 bits per heavy atom. The van der Waals surface area contributed by atoms with E-state index < -0.39 is 5.67 Å². The summed E-state index contributed by atoms with van der Waals surface area (Å²) in [6, 6.07) is 0. The fraction of sp³-hybridized carbons (Fsp3) is 0.636. The average Bonchev–Trinajstić information content (AvgIpc) is 2.14. The highest BCUT2D eigenvalue weighted by Crippen LogP contribution is 2.28. The van der Waals surface area contributed by atoms with Crippen molar-refractivity contribution >= 4 is 5.82 Å². The van der Waals surface area contributed by atoms with Crippen molar-refractivity contribution in [1.29, 1.82) is 0 Å². The summed E-state index contributed by atoms with van der Waals surface area (Å²) in [6.07, 6.45) is 3.46. The minimum Gasteiger partial charge on any atom is -0.349 e. The monoisotopic (exact) mass is 209 g/mol. The van der Waals surface area contributed by atoms with Crippen molar-refractivity contribution in [3.63, 3.8) is 0 Å². The highest BCUT2D eigenvalue weighted by atomic mass is 19.1. The largest absolute Gasteiger partial charge is 0.349 e. The van der Waals surface area contributed by atoms with Gasteiger partial charge < -0.3 is 4.90 Å². The molecule has 0 bridgehead atoms. The molecule has 0 aromatic carbocycles. The molecule has 1 saturated heterocycles. The van der Waals surface area contributed by atoms with Gasteiger partial charge in [0.15, 0.2) is 0 Å². The van der Waals surface area contributed by atoms with E-state index in [2.05, 4.69) is 23.8 Å². The van der Waals surface area contributed by atoms with E-state index in [9.17, 15) is 4.39 Å². The molecule has 1 fully saturated rings. The van der Waals surface area contributed by atoms with Gasteiger partial charge in [-0.05, 0) is 12.8 Å². The third kappa shape index (κ3) is 2.08. The number of rotatable bonds is 2. The van der Waals surface area contributed by atoms with Gasteiger partial charge in [-0.3, -0.25) is 4.98 Å². The summed E-state index contributed by atoms with van der Waals surface area (Å²) in [5, 5.41) is 0. The van der Waals surface area contributed by atoms with Gasteiger partial charge in [-0.25, -0.2) is 9.37 Å². The molecular formula is C11H16FN3. The summed E-state index contributed by atoms with van der Waals surface area (Å²) in [4.78, 5) is 10.5. The Bertz CT molecular complexity index is 355. The standard InChI is InChI=1S/C11H16FN3/c1-8(2)9-4-13-5-10(14-9)15-6-11(3,12)7-15/h4-5,8H,6-7H2,1-3H3. The highest BCUT2D eigenvalue weighted by molar-refractivity contribution is 5.42. The lowest BCUT2D eigenvalue weighted by Crippen LogP contribution is -2.57. The van der Waals surface area contributed by atoms with Crippen molar-refractivity contribution < 1.29 is 4.39 Å². The molecule has 2 heterocycles. The summed E-state index contributed by atoms with van der Waals surface area (Å²) in [5.74, 6) is 1.15. The topological polar surface area (TPSA) is 29.0 Å². The van der Waals surface area contributed by atoms with Gasteiger partial charge in [0.1, 0.15) is 11.5 Å². The van der Waals surface area contributed by atoms with Gasteiger partial charge in [0, 0.05) is 6.20 Å². The lowest BCUT2D eigenvalue weighted by Gasteiger charge is -2.42. The highest BCUT2D eigenvalue weighted by Gasteiger charge is 2.39. The van der Waals surface area contributed by atoms with Gasteiger partial charge in [-0.1, -0.05) is 13.8 Å². The van der Waals surface area contributed by atoms with Crippen molar-refractivity contribution in [3.8, 4) is 0 Å². The first-order chi connectivity index (χ1) is 6.98. The van der Waals surface area contributed by atoms with Gasteiger partial charge in [0.2, 0.25) is 0 Å². The van der Waals surface area contributed by atoms with Gasteiger partial charge >= 0.3 is 0 Å². The molecule has 3 nitrogen and oxygen atoms in total. The summed E-state index contributed by atoms with van der Waals surface area (Å²) < 4.78 is 13.3. The second-order valence-electron chi connectivity index (χ2n) is 4.73. The molecule has 1 aliphatic heterocycles. The van der Waals surface area contributed by atoms with Crippen molar-refractivity contribution in [2.75, 3.05) is 18.0 Å². The fourth-order valence-corrected chi connectivity index (χ4v) is 1.71. The Labute approximate surface area is 89.3 Å². The zero-order valence-corrected chi connectivity index (χ0v) is 9.37. The fourth-order valence-electron chi connectivity index (χ4n) is 1.71. The lowest BCUT2D eigenvalue weighted by atomic mass is 9.99. The summed E-state index contributed by atoms with van der Waals surface area (Å²) >= 11 is 0. The van der Waals surface area contributed by atoms with E-state index in [-0.39, 0.29) is 0 Å². The normalized spacial score (nSPS) is 19.1. The van der Waals surface area contributed by atoms with Crippen LogP contribution in [-0.2, 0) is 0 Å². The molecule has 2 rings (SSSR count). The van der Waals surface area contributed by atoms with E-state index >= 15 is 0 Å². The number of aromatic nitrogens is 2. The maximum absolute atomic E-state index is 13.3. The van der Waals surface area contributed by atoms with E-state index in [0.717, 1.165) is 11.5 Å². The smallest absolute Gasteiger partial charge is 0.147 e. The Kier molecular flexibility index (Phi) is 2.37. The van der Waals surface area contributed by atoms with Crippen LogP contribution in [0.15, 0.2) is 12.4 Å². The number of halogens is 1. The predicted octanol–water partition coefficient (Wildman–Crippen LogP) is 2.15. The number of hydrogen-bond donors (Lipinski definition) is 0. The van der Waals surface area contributed by atoms with Crippen LogP contribution in [0.4, 0.5) is 10.2 Å². The molecule has 0 saturated carbocycles. The Hall–Kier alpha value is -1.19. The molecule has 0 N–H and O–H groups in total. The lowest BCUT2D eigenvalue weighted by molar-refractivity contribution is 0.143. The minimum absolute atomic E-state index is 0.357. The van der Waals surface area contributed by atoms with Crippen LogP contribution < -0.4 is 4.90 Å². The van der Waals surface area contributed by atoms with E-state index in [1.807, 2.05) is 4.90 Å². The molecule has 4 heteroatoms. The Balaban J connectivity index is 2.13. The SMILES string of the molecule is CC(C)c1cncc(N2CC(C)(F)C2)n1. The van der Waals surface area contributed by atoms with Crippen LogP contribution in [0.2, 0.25) is 0 Å². The first kappa shape index (κ1) is 10.3. The molecule has 1 aromatic heterocycles. The van der Waals surface area contributed by atoms with Crippen LogP contribution in [0.1, 0.15) is 32.4 Å². The van der Waals surface area contributed by atoms with Crippen LogP contribution in [-0.4, -0.2) is 28.7 Å². The quantitative estimate of drug-likeness (QED) is 0.747. The van der Waals surface area contributed by atoms with Gasteiger partial charge in [0.25, 0.3) is 0 Å². The summed E-state index contributed by atoms with van der Waals surface area (Å²) in [5.41, 5.74) is -0.102. The van der Waals surface area contributed by atoms with E-state index in [1.165, 1.54) is 0 Å². The molecule has 0 atom stereocenters. The maximum atomic E-state index is 13.3. The second-order valence-corrected chi connectivity index (χ2v) is 4.73. The summed E-state index contributed by atoms with van der Waals surface area (Å²) in [6.45, 7) is 6.60. The van der Waals surface area contributed by atoms with Crippen molar-refractivity contribution in [3.05, 3.63) is 18.1 Å². The number of alkyl halides is 1. The molecule has 0 unspecified atom stereocenters. The molecule has 82 valence electrons. The van der Waals surface area contributed by atoms with Gasteiger partial charge in [-0.2, -0.15) is 0 Å². The van der Waals surface area contributed by atoms with Crippen LogP contribution >= 0.6 is 0 Å². The number of nitrogens with zero attached hydrogens (tertiary/aromatic N) is 3. The Morgan fingerprint density at radius 1 is 1.40 bits per heavy atom. The van der Waals surface area contributed by atoms with Crippen molar-refractivity contribution in [2.45, 2.75) is 32.4 Å². The zero-order chi connectivity index (χ0) is 11.1. The number of anilines is 1. The first-order valence-electron chi connectivity index (χ1n) is 5.24. The van der Waals surface area contributed by atoms with E-state index in [1.54, 1.807) is 19.3 Å². The Morgan fingerprint density at radius 2 is 2.07 bits per heavy atom. The van der Waals surface area contributed by atoms with Crippen LogP contribution in [0.3, 0.4) is 0 Å². The first-order valence-corrected chi connectivity index (χ1v) is 5.24. The third-order valence-electron chi connectivity index (χ3n) is 2.60. The van der Waals surface area contributed by atoms with E-state index in [0.29, 0.717) is 19.0 Å². The van der Waals surface area contributed by atoms with Gasteiger partial charge in [-0.15, -0.1) is 0 Å². The van der Waals surface area contributed by atoms with Crippen molar-refractivity contribution in [2.24, 2.45) is 0 Å². The maximum Gasteiger partial charge on any atom is 0.147 e. The predicted molar refractivity (Wildman–Crippen MR) is 57.8 cm³/mol. The molecular weight excluding hydrogens is 193 g/mol. The minimum atomic E-state index is -1.06.